The van der Waals surface area contributed by atoms with E-state index in [1.54, 1.807) is 0 Å². The zero-order valence-electron chi connectivity index (χ0n) is 10.6. The van der Waals surface area contributed by atoms with E-state index in [1.165, 1.54) is 36.1 Å². The molecule has 17 heavy (non-hydrogen) atoms. The first-order valence-corrected chi connectivity index (χ1v) is 6.89. The number of anilines is 1. The molecule has 0 radical (unpaired) electrons. The van der Waals surface area contributed by atoms with Gasteiger partial charge in [-0.05, 0) is 54.8 Å². The van der Waals surface area contributed by atoms with Crippen LogP contribution in [0, 0.1) is 11.8 Å². The second kappa shape index (κ2) is 4.69. The summed E-state index contributed by atoms with van der Waals surface area (Å²) in [5.74, 6) is 1.85. The van der Waals surface area contributed by atoms with Crippen LogP contribution in [-0.2, 0) is 13.0 Å². The second-order valence-electron chi connectivity index (χ2n) is 5.61. The molecule has 1 aliphatic heterocycles. The molecular weight excluding hydrogens is 208 g/mol. The predicted molar refractivity (Wildman–Crippen MR) is 72.2 cm³/mol. The van der Waals surface area contributed by atoms with E-state index >= 15 is 0 Å². The van der Waals surface area contributed by atoms with E-state index in [9.17, 15) is 0 Å². The fourth-order valence-corrected chi connectivity index (χ4v) is 2.72. The molecule has 1 aromatic carbocycles. The van der Waals surface area contributed by atoms with Crippen LogP contribution in [0.25, 0.3) is 0 Å². The summed E-state index contributed by atoms with van der Waals surface area (Å²) in [7, 11) is 0. The summed E-state index contributed by atoms with van der Waals surface area (Å²) >= 11 is 0. The molecule has 0 saturated heterocycles. The highest BCUT2D eigenvalue weighted by atomic mass is 14.9. The molecule has 1 aromatic rings. The first-order valence-electron chi connectivity index (χ1n) is 6.89. The Morgan fingerprint density at radius 3 is 3.12 bits per heavy atom. The molecule has 3 rings (SSSR count). The Bertz CT molecular complexity index is 396. The summed E-state index contributed by atoms with van der Waals surface area (Å²) in [5.41, 5.74) is 4.22. The van der Waals surface area contributed by atoms with Gasteiger partial charge < -0.3 is 10.6 Å². The van der Waals surface area contributed by atoms with Crippen molar-refractivity contribution in [3.05, 3.63) is 29.3 Å². The molecule has 2 heteroatoms. The first-order chi connectivity index (χ1) is 8.33. The smallest absolute Gasteiger partial charge is 0.0376 e. The number of benzene rings is 1. The van der Waals surface area contributed by atoms with Crippen LogP contribution >= 0.6 is 0 Å². The molecule has 0 aromatic heterocycles. The summed E-state index contributed by atoms with van der Waals surface area (Å²) < 4.78 is 0. The van der Waals surface area contributed by atoms with Crippen molar-refractivity contribution in [3.8, 4) is 0 Å². The van der Waals surface area contributed by atoms with Gasteiger partial charge in [0, 0.05) is 18.8 Å². The van der Waals surface area contributed by atoms with Crippen molar-refractivity contribution in [2.24, 2.45) is 11.8 Å². The third-order valence-corrected chi connectivity index (χ3v) is 4.11. The minimum atomic E-state index is 0.850. The molecule has 1 fully saturated rings. The number of hydrogen-bond donors (Lipinski definition) is 2. The molecule has 1 heterocycles. The lowest BCUT2D eigenvalue weighted by Gasteiger charge is -2.12. The molecule has 1 unspecified atom stereocenters. The van der Waals surface area contributed by atoms with Crippen molar-refractivity contribution in [2.45, 2.75) is 32.7 Å². The van der Waals surface area contributed by atoms with Crippen LogP contribution < -0.4 is 10.6 Å². The molecule has 2 N–H and O–H groups in total. The van der Waals surface area contributed by atoms with Gasteiger partial charge in [0.1, 0.15) is 0 Å². The molecule has 0 bridgehead atoms. The SMILES string of the molecule is CC(CNCc1ccc2c(c1)NCC2)C1CC1. The fourth-order valence-electron chi connectivity index (χ4n) is 2.72. The molecular formula is C15H22N2. The van der Waals surface area contributed by atoms with Gasteiger partial charge in [0.25, 0.3) is 0 Å². The van der Waals surface area contributed by atoms with E-state index in [4.69, 9.17) is 0 Å². The van der Waals surface area contributed by atoms with Crippen LogP contribution in [0.15, 0.2) is 18.2 Å². The topological polar surface area (TPSA) is 24.1 Å². The average molecular weight is 230 g/mol. The van der Waals surface area contributed by atoms with E-state index in [2.05, 4.69) is 35.8 Å². The largest absolute Gasteiger partial charge is 0.384 e. The summed E-state index contributed by atoms with van der Waals surface area (Å²) in [6.45, 7) is 5.64. The van der Waals surface area contributed by atoms with Crippen molar-refractivity contribution < 1.29 is 0 Å². The molecule has 0 amide bonds. The molecule has 92 valence electrons. The summed E-state index contributed by atoms with van der Waals surface area (Å²) in [6.07, 6.45) is 4.08. The highest BCUT2D eigenvalue weighted by Gasteiger charge is 2.27. The Morgan fingerprint density at radius 2 is 2.29 bits per heavy atom. The number of hydrogen-bond acceptors (Lipinski definition) is 2. The van der Waals surface area contributed by atoms with Crippen molar-refractivity contribution in [3.63, 3.8) is 0 Å². The van der Waals surface area contributed by atoms with Gasteiger partial charge in [0.15, 0.2) is 0 Å². The summed E-state index contributed by atoms with van der Waals surface area (Å²) in [4.78, 5) is 0. The Labute approximate surface area is 104 Å². The minimum Gasteiger partial charge on any atom is -0.384 e. The Balaban J connectivity index is 1.51. The molecule has 0 spiro atoms. The number of fused-ring (bicyclic) bond motifs is 1. The van der Waals surface area contributed by atoms with Crippen LogP contribution in [0.2, 0.25) is 0 Å². The van der Waals surface area contributed by atoms with Crippen molar-refractivity contribution in [2.75, 3.05) is 18.4 Å². The molecule has 2 aliphatic rings. The van der Waals surface area contributed by atoms with E-state index < -0.39 is 0 Å². The fraction of sp³-hybridized carbons (Fsp3) is 0.600. The van der Waals surface area contributed by atoms with Crippen LogP contribution in [0.4, 0.5) is 5.69 Å². The van der Waals surface area contributed by atoms with E-state index in [0.29, 0.717) is 0 Å². The van der Waals surface area contributed by atoms with Gasteiger partial charge in [0.2, 0.25) is 0 Å². The van der Waals surface area contributed by atoms with Gasteiger partial charge >= 0.3 is 0 Å². The van der Waals surface area contributed by atoms with Gasteiger partial charge in [-0.15, -0.1) is 0 Å². The van der Waals surface area contributed by atoms with Crippen molar-refractivity contribution >= 4 is 5.69 Å². The maximum absolute atomic E-state index is 3.59. The summed E-state index contributed by atoms with van der Waals surface area (Å²) in [5, 5.41) is 7.03. The van der Waals surface area contributed by atoms with Crippen LogP contribution in [0.3, 0.4) is 0 Å². The lowest BCUT2D eigenvalue weighted by Crippen LogP contribution is -2.21. The predicted octanol–water partition coefficient (Wildman–Crippen LogP) is 2.79. The third kappa shape index (κ3) is 2.63. The van der Waals surface area contributed by atoms with Gasteiger partial charge in [-0.1, -0.05) is 19.1 Å². The highest BCUT2D eigenvalue weighted by molar-refractivity contribution is 5.56. The molecule has 1 aliphatic carbocycles. The van der Waals surface area contributed by atoms with E-state index in [-0.39, 0.29) is 0 Å². The van der Waals surface area contributed by atoms with Gasteiger partial charge in [0.05, 0.1) is 0 Å². The van der Waals surface area contributed by atoms with Gasteiger partial charge in [-0.25, -0.2) is 0 Å². The first kappa shape index (κ1) is 11.1. The zero-order chi connectivity index (χ0) is 11.7. The highest BCUT2D eigenvalue weighted by Crippen LogP contribution is 2.36. The Kier molecular flexibility index (Phi) is 3.06. The number of nitrogens with one attached hydrogen (secondary N) is 2. The standard InChI is InChI=1S/C15H22N2/c1-11(13-4-5-13)9-16-10-12-2-3-14-6-7-17-15(14)8-12/h2-3,8,11,13,16-17H,4-7,9-10H2,1H3. The monoisotopic (exact) mass is 230 g/mol. The lowest BCUT2D eigenvalue weighted by atomic mass is 10.1. The maximum atomic E-state index is 3.59. The van der Waals surface area contributed by atoms with Crippen LogP contribution in [0.5, 0.6) is 0 Å². The third-order valence-electron chi connectivity index (χ3n) is 4.11. The van der Waals surface area contributed by atoms with Crippen LogP contribution in [0.1, 0.15) is 30.9 Å². The molecule has 1 atom stereocenters. The van der Waals surface area contributed by atoms with Crippen molar-refractivity contribution in [1.29, 1.82) is 0 Å². The van der Waals surface area contributed by atoms with Crippen molar-refractivity contribution in [1.82, 2.24) is 5.32 Å². The number of rotatable bonds is 5. The minimum absolute atomic E-state index is 0.850. The zero-order valence-corrected chi connectivity index (χ0v) is 10.6. The van der Waals surface area contributed by atoms with E-state index in [1.807, 2.05) is 0 Å². The molecule has 1 saturated carbocycles. The Morgan fingerprint density at radius 1 is 1.41 bits per heavy atom. The lowest BCUT2D eigenvalue weighted by molar-refractivity contribution is 0.461. The normalized spacial score (nSPS) is 19.8. The average Bonchev–Trinajstić information content (AvgIpc) is 3.08. The quantitative estimate of drug-likeness (QED) is 0.813. The van der Waals surface area contributed by atoms with Gasteiger partial charge in [-0.3, -0.25) is 0 Å². The molecule has 2 nitrogen and oxygen atoms in total. The van der Waals surface area contributed by atoms with Crippen LogP contribution in [-0.4, -0.2) is 13.1 Å². The maximum Gasteiger partial charge on any atom is 0.0376 e. The van der Waals surface area contributed by atoms with E-state index in [0.717, 1.165) is 31.5 Å². The Hall–Kier alpha value is -1.02. The van der Waals surface area contributed by atoms with Gasteiger partial charge in [-0.2, -0.15) is 0 Å². The summed E-state index contributed by atoms with van der Waals surface area (Å²) in [6, 6.07) is 6.84. The second-order valence-corrected chi connectivity index (χ2v) is 5.61.